The minimum absolute atomic E-state index is 0.0345. The second-order valence-electron chi connectivity index (χ2n) is 9.26. The van der Waals surface area contributed by atoms with Crippen molar-refractivity contribution in [1.29, 1.82) is 0 Å². The van der Waals surface area contributed by atoms with Crippen LogP contribution in [-0.4, -0.2) is 68.2 Å². The molecule has 4 heterocycles. The number of amides is 2. The van der Waals surface area contributed by atoms with Crippen molar-refractivity contribution < 1.29 is 19.1 Å². The highest BCUT2D eigenvalue weighted by Crippen LogP contribution is 2.36. The molecule has 1 atom stereocenters. The van der Waals surface area contributed by atoms with Crippen LogP contribution in [0.15, 0.2) is 47.4 Å². The van der Waals surface area contributed by atoms with E-state index in [1.165, 1.54) is 11.8 Å². The maximum atomic E-state index is 12.9. The number of rotatable bonds is 6. The van der Waals surface area contributed by atoms with Crippen molar-refractivity contribution in [3.8, 4) is 5.75 Å². The standard InChI is InChI=1S/C26H27N5O4S/c1-15-7-23(20-9-18(34-2)4-5-21(20)28-15)30(17-10-27-11-17)12-19-13-31(26(33)35-19)16-3-6-24-22(8-16)29-25(32)14-36-24/h3-9,17,19,27H,10-14H2,1-2H3,(H,29,32)/t19-/m1/s1. The summed E-state index contributed by atoms with van der Waals surface area (Å²) in [4.78, 5) is 34.4. The number of pyridine rings is 1. The molecule has 2 N–H and O–H groups in total. The zero-order valence-corrected chi connectivity index (χ0v) is 20.9. The molecule has 2 saturated heterocycles. The molecular formula is C26H27N5O4S. The van der Waals surface area contributed by atoms with Crippen LogP contribution < -0.4 is 25.2 Å². The van der Waals surface area contributed by atoms with Gasteiger partial charge in [-0.25, -0.2) is 4.79 Å². The molecule has 186 valence electrons. The number of thioether (sulfide) groups is 1. The van der Waals surface area contributed by atoms with E-state index in [1.54, 1.807) is 12.0 Å². The van der Waals surface area contributed by atoms with Crippen molar-refractivity contribution in [1.82, 2.24) is 10.3 Å². The number of anilines is 3. The van der Waals surface area contributed by atoms with E-state index in [0.29, 0.717) is 18.8 Å². The first-order valence-electron chi connectivity index (χ1n) is 12.0. The third-order valence-corrected chi connectivity index (χ3v) is 7.89. The summed E-state index contributed by atoms with van der Waals surface area (Å²) in [7, 11) is 1.66. The quantitative estimate of drug-likeness (QED) is 0.526. The van der Waals surface area contributed by atoms with Gasteiger partial charge in [-0.1, -0.05) is 0 Å². The summed E-state index contributed by atoms with van der Waals surface area (Å²) in [6.07, 6.45) is -0.689. The lowest BCUT2D eigenvalue weighted by atomic mass is 10.0. The number of fused-ring (bicyclic) bond motifs is 2. The van der Waals surface area contributed by atoms with E-state index in [9.17, 15) is 9.59 Å². The molecule has 2 amide bonds. The van der Waals surface area contributed by atoms with Crippen molar-refractivity contribution in [2.45, 2.75) is 24.0 Å². The molecule has 0 saturated carbocycles. The van der Waals surface area contributed by atoms with Gasteiger partial charge in [-0.3, -0.25) is 14.7 Å². The molecule has 3 aliphatic rings. The van der Waals surface area contributed by atoms with Gasteiger partial charge in [0.2, 0.25) is 5.91 Å². The predicted octanol–water partition coefficient (Wildman–Crippen LogP) is 3.40. The lowest BCUT2D eigenvalue weighted by molar-refractivity contribution is -0.113. The lowest BCUT2D eigenvalue weighted by Crippen LogP contribution is -2.59. The molecule has 9 nitrogen and oxygen atoms in total. The van der Waals surface area contributed by atoms with Gasteiger partial charge >= 0.3 is 6.09 Å². The molecule has 0 aliphatic carbocycles. The number of nitrogens with one attached hydrogen (secondary N) is 2. The molecule has 2 aromatic carbocycles. The summed E-state index contributed by atoms with van der Waals surface area (Å²) in [5.74, 6) is 1.14. The molecule has 0 radical (unpaired) electrons. The number of hydrogen-bond acceptors (Lipinski definition) is 8. The van der Waals surface area contributed by atoms with E-state index in [2.05, 4.69) is 21.6 Å². The number of hydrogen-bond donors (Lipinski definition) is 2. The molecule has 0 spiro atoms. The summed E-state index contributed by atoms with van der Waals surface area (Å²) in [5, 5.41) is 7.27. The van der Waals surface area contributed by atoms with Crippen molar-refractivity contribution >= 4 is 51.7 Å². The van der Waals surface area contributed by atoms with Crippen LogP contribution in [0.25, 0.3) is 10.9 Å². The smallest absolute Gasteiger partial charge is 0.414 e. The number of benzene rings is 2. The average molecular weight is 506 g/mol. The van der Waals surface area contributed by atoms with E-state index >= 15 is 0 Å². The number of aromatic nitrogens is 1. The Morgan fingerprint density at radius 3 is 2.83 bits per heavy atom. The van der Waals surface area contributed by atoms with E-state index in [4.69, 9.17) is 14.5 Å². The van der Waals surface area contributed by atoms with E-state index in [1.807, 2.05) is 43.3 Å². The van der Waals surface area contributed by atoms with Crippen molar-refractivity contribution in [2.24, 2.45) is 0 Å². The van der Waals surface area contributed by atoms with Gasteiger partial charge in [0.05, 0.1) is 43.2 Å². The number of cyclic esters (lactones) is 1. The van der Waals surface area contributed by atoms with Crippen LogP contribution in [0.1, 0.15) is 5.69 Å². The Balaban J connectivity index is 1.28. The Morgan fingerprint density at radius 1 is 1.19 bits per heavy atom. The monoisotopic (exact) mass is 505 g/mol. The Morgan fingerprint density at radius 2 is 2.06 bits per heavy atom. The maximum Gasteiger partial charge on any atom is 0.414 e. The molecule has 3 aromatic rings. The largest absolute Gasteiger partial charge is 0.497 e. The number of nitrogens with zero attached hydrogens (tertiary/aromatic N) is 3. The van der Waals surface area contributed by atoms with Crippen LogP contribution >= 0.6 is 11.8 Å². The highest BCUT2D eigenvalue weighted by molar-refractivity contribution is 8.00. The molecule has 0 unspecified atom stereocenters. The Hall–Kier alpha value is -3.50. The fraction of sp³-hybridized carbons (Fsp3) is 0.346. The summed E-state index contributed by atoms with van der Waals surface area (Å²) in [6, 6.07) is 14.0. The second-order valence-corrected chi connectivity index (χ2v) is 10.3. The first kappa shape index (κ1) is 22.9. The van der Waals surface area contributed by atoms with Crippen molar-refractivity contribution in [3.05, 3.63) is 48.2 Å². The topological polar surface area (TPSA) is 96.0 Å². The third kappa shape index (κ3) is 4.20. The Bertz CT molecular complexity index is 1360. The molecule has 3 aliphatic heterocycles. The summed E-state index contributed by atoms with van der Waals surface area (Å²) < 4.78 is 11.3. The van der Waals surface area contributed by atoms with E-state index < -0.39 is 0 Å². The van der Waals surface area contributed by atoms with Gasteiger partial charge in [-0.2, -0.15) is 0 Å². The molecule has 1 aromatic heterocycles. The first-order valence-corrected chi connectivity index (χ1v) is 12.9. The fourth-order valence-corrected chi connectivity index (χ4v) is 5.69. The van der Waals surface area contributed by atoms with Gasteiger partial charge < -0.3 is 25.0 Å². The van der Waals surface area contributed by atoms with Crippen LogP contribution in [-0.2, 0) is 9.53 Å². The molecule has 0 bridgehead atoms. The van der Waals surface area contributed by atoms with Gasteiger partial charge in [-0.05, 0) is 49.4 Å². The molecule has 6 rings (SSSR count). The summed E-state index contributed by atoms with van der Waals surface area (Å²) in [6.45, 7) is 4.70. The Labute approximate surface area is 213 Å². The highest BCUT2D eigenvalue weighted by Gasteiger charge is 2.37. The Kier molecular flexibility index (Phi) is 5.85. The first-order chi connectivity index (χ1) is 17.5. The molecule has 10 heteroatoms. The van der Waals surface area contributed by atoms with Crippen LogP contribution in [0, 0.1) is 6.92 Å². The predicted molar refractivity (Wildman–Crippen MR) is 140 cm³/mol. The van der Waals surface area contributed by atoms with E-state index in [-0.39, 0.29) is 24.1 Å². The van der Waals surface area contributed by atoms with Crippen molar-refractivity contribution in [2.75, 3.05) is 54.2 Å². The molecular weight excluding hydrogens is 478 g/mol. The minimum Gasteiger partial charge on any atom is -0.497 e. The van der Waals surface area contributed by atoms with Gasteiger partial charge in [0.1, 0.15) is 11.9 Å². The van der Waals surface area contributed by atoms with Gasteiger partial charge in [0, 0.05) is 40.4 Å². The second kappa shape index (κ2) is 9.18. The number of carbonyl (C=O) groups excluding carboxylic acids is 2. The van der Waals surface area contributed by atoms with Crippen LogP contribution in [0.5, 0.6) is 5.75 Å². The zero-order valence-electron chi connectivity index (χ0n) is 20.1. The number of ether oxygens (including phenoxy) is 2. The number of carbonyl (C=O) groups is 2. The van der Waals surface area contributed by atoms with E-state index in [0.717, 1.165) is 57.4 Å². The normalized spacial score (nSPS) is 19.5. The van der Waals surface area contributed by atoms with Crippen LogP contribution in [0.3, 0.4) is 0 Å². The average Bonchev–Trinajstić information content (AvgIpc) is 3.21. The van der Waals surface area contributed by atoms with Crippen LogP contribution in [0.2, 0.25) is 0 Å². The lowest BCUT2D eigenvalue weighted by Gasteiger charge is -2.41. The number of aryl methyl sites for hydroxylation is 1. The van der Waals surface area contributed by atoms with Crippen molar-refractivity contribution in [3.63, 3.8) is 0 Å². The SMILES string of the molecule is COc1ccc2nc(C)cc(N(C[C@@H]3CN(c4ccc5c(c4)NC(=O)CS5)C(=O)O3)C3CNC3)c2c1. The van der Waals surface area contributed by atoms with Gasteiger partial charge in [0.15, 0.2) is 0 Å². The summed E-state index contributed by atoms with van der Waals surface area (Å²) in [5.41, 5.74) is 4.35. The molecule has 36 heavy (non-hydrogen) atoms. The van der Waals surface area contributed by atoms with Gasteiger partial charge in [-0.15, -0.1) is 11.8 Å². The van der Waals surface area contributed by atoms with Gasteiger partial charge in [0.25, 0.3) is 0 Å². The maximum absolute atomic E-state index is 12.9. The fourth-order valence-electron chi connectivity index (χ4n) is 4.90. The van der Waals surface area contributed by atoms with Crippen LogP contribution in [0.4, 0.5) is 21.9 Å². The third-order valence-electron chi connectivity index (χ3n) is 6.81. The molecule has 2 fully saturated rings. The minimum atomic E-state index is -0.376. The summed E-state index contributed by atoms with van der Waals surface area (Å²) >= 11 is 1.50. The highest BCUT2D eigenvalue weighted by atomic mass is 32.2. The number of methoxy groups -OCH3 is 1. The zero-order chi connectivity index (χ0) is 24.8.